The number of carbonyl (C=O) groups is 2. The number of piperidine rings is 1. The van der Waals surface area contributed by atoms with Gasteiger partial charge >= 0.3 is 6.09 Å². The summed E-state index contributed by atoms with van der Waals surface area (Å²) in [6.07, 6.45) is 1.34. The Bertz CT molecular complexity index is 835. The number of amides is 2. The van der Waals surface area contributed by atoms with Gasteiger partial charge in [0.2, 0.25) is 0 Å². The van der Waals surface area contributed by atoms with E-state index >= 15 is 0 Å². The summed E-state index contributed by atoms with van der Waals surface area (Å²) in [5.41, 5.74) is 1.38. The highest BCUT2D eigenvalue weighted by Crippen LogP contribution is 2.27. The van der Waals surface area contributed by atoms with E-state index in [1.54, 1.807) is 17.2 Å². The SMILES string of the molecule is CCOC(=O)NC1CCCN(C(=O)c2csc(-c3ccc(OC(C)C)cc3)n2)C1. The molecule has 1 aromatic heterocycles. The third-order valence-electron chi connectivity index (χ3n) is 4.50. The molecule has 3 rings (SSSR count). The van der Waals surface area contributed by atoms with Crippen LogP contribution in [0.25, 0.3) is 10.6 Å². The van der Waals surface area contributed by atoms with Crippen LogP contribution in [0.15, 0.2) is 29.6 Å². The first-order valence-corrected chi connectivity index (χ1v) is 10.8. The smallest absolute Gasteiger partial charge is 0.407 e. The molecule has 0 radical (unpaired) electrons. The lowest BCUT2D eigenvalue weighted by Gasteiger charge is -2.32. The Hall–Kier alpha value is -2.61. The minimum atomic E-state index is -0.437. The quantitative estimate of drug-likeness (QED) is 0.770. The Morgan fingerprint density at radius 1 is 1.31 bits per heavy atom. The number of nitrogens with zero attached hydrogens (tertiary/aromatic N) is 2. The third kappa shape index (κ3) is 5.69. The lowest BCUT2D eigenvalue weighted by atomic mass is 10.1. The van der Waals surface area contributed by atoms with Crippen molar-refractivity contribution in [1.29, 1.82) is 0 Å². The van der Waals surface area contributed by atoms with Crippen LogP contribution in [-0.4, -0.2) is 53.7 Å². The van der Waals surface area contributed by atoms with Crippen molar-refractivity contribution in [3.8, 4) is 16.3 Å². The molecule has 1 aliphatic heterocycles. The van der Waals surface area contributed by atoms with Crippen LogP contribution < -0.4 is 10.1 Å². The second-order valence-electron chi connectivity index (χ2n) is 7.18. The van der Waals surface area contributed by atoms with Crippen molar-refractivity contribution in [2.75, 3.05) is 19.7 Å². The highest BCUT2D eigenvalue weighted by atomic mass is 32.1. The van der Waals surface area contributed by atoms with Gasteiger partial charge in [-0.15, -0.1) is 11.3 Å². The molecule has 1 atom stereocenters. The molecule has 1 aliphatic rings. The minimum absolute atomic E-state index is 0.0987. The summed E-state index contributed by atoms with van der Waals surface area (Å²) in [5, 5.41) is 5.41. The highest BCUT2D eigenvalue weighted by molar-refractivity contribution is 7.13. The van der Waals surface area contributed by atoms with Crippen molar-refractivity contribution in [3.05, 3.63) is 35.3 Å². The van der Waals surface area contributed by atoms with Crippen LogP contribution in [0.4, 0.5) is 4.79 Å². The predicted octanol–water partition coefficient (Wildman–Crippen LogP) is 3.95. The lowest BCUT2D eigenvalue weighted by Crippen LogP contribution is -2.49. The fourth-order valence-electron chi connectivity index (χ4n) is 3.23. The van der Waals surface area contributed by atoms with Gasteiger partial charge in [0.1, 0.15) is 16.5 Å². The molecule has 1 saturated heterocycles. The van der Waals surface area contributed by atoms with Crippen LogP contribution in [0.5, 0.6) is 5.75 Å². The molecule has 0 spiro atoms. The Morgan fingerprint density at radius 2 is 2.07 bits per heavy atom. The largest absolute Gasteiger partial charge is 0.491 e. The third-order valence-corrected chi connectivity index (χ3v) is 5.39. The van der Waals surface area contributed by atoms with E-state index in [0.717, 1.165) is 29.2 Å². The highest BCUT2D eigenvalue weighted by Gasteiger charge is 2.27. The maximum absolute atomic E-state index is 12.9. The number of nitrogens with one attached hydrogen (secondary N) is 1. The molecule has 2 aromatic rings. The monoisotopic (exact) mass is 417 g/mol. The van der Waals surface area contributed by atoms with E-state index in [1.807, 2.05) is 38.1 Å². The molecule has 1 N–H and O–H groups in total. The van der Waals surface area contributed by atoms with Gasteiger partial charge in [0.15, 0.2) is 0 Å². The van der Waals surface area contributed by atoms with Crippen molar-refractivity contribution in [3.63, 3.8) is 0 Å². The van der Waals surface area contributed by atoms with E-state index in [1.165, 1.54) is 11.3 Å². The van der Waals surface area contributed by atoms with Crippen LogP contribution in [-0.2, 0) is 4.74 Å². The standard InChI is InChI=1S/C21H27N3O4S/c1-4-27-21(26)22-16-6-5-11-24(12-16)20(25)18-13-29-19(23-18)15-7-9-17(10-8-15)28-14(2)3/h7-10,13-14,16H,4-6,11-12H2,1-3H3,(H,22,26). The van der Waals surface area contributed by atoms with Crippen molar-refractivity contribution in [2.45, 2.75) is 45.8 Å². The zero-order valence-electron chi connectivity index (χ0n) is 17.0. The van der Waals surface area contributed by atoms with Crippen molar-refractivity contribution < 1.29 is 19.1 Å². The summed E-state index contributed by atoms with van der Waals surface area (Å²) in [5.74, 6) is 0.702. The topological polar surface area (TPSA) is 80.8 Å². The average molecular weight is 418 g/mol. The summed E-state index contributed by atoms with van der Waals surface area (Å²) < 4.78 is 10.6. The number of hydrogen-bond acceptors (Lipinski definition) is 6. The molecule has 7 nitrogen and oxygen atoms in total. The van der Waals surface area contributed by atoms with E-state index in [2.05, 4.69) is 10.3 Å². The number of carbonyl (C=O) groups excluding carboxylic acids is 2. The second-order valence-corrected chi connectivity index (χ2v) is 8.04. The molecular formula is C21H27N3O4S. The number of benzene rings is 1. The normalized spacial score (nSPS) is 16.6. The lowest BCUT2D eigenvalue weighted by molar-refractivity contribution is 0.0681. The molecule has 0 aliphatic carbocycles. The molecular weight excluding hydrogens is 390 g/mol. The first-order valence-electron chi connectivity index (χ1n) is 9.91. The summed E-state index contributed by atoms with van der Waals surface area (Å²) in [6.45, 7) is 7.19. The predicted molar refractivity (Wildman–Crippen MR) is 112 cm³/mol. The molecule has 1 unspecified atom stereocenters. The van der Waals surface area contributed by atoms with Gasteiger partial charge in [0, 0.05) is 30.1 Å². The van der Waals surface area contributed by atoms with Crippen molar-refractivity contribution in [1.82, 2.24) is 15.2 Å². The maximum Gasteiger partial charge on any atom is 0.407 e. The van der Waals surface area contributed by atoms with Gasteiger partial charge in [-0.05, 0) is 57.9 Å². The fraction of sp³-hybridized carbons (Fsp3) is 0.476. The van der Waals surface area contributed by atoms with Crippen LogP contribution >= 0.6 is 11.3 Å². The maximum atomic E-state index is 12.9. The Balaban J connectivity index is 1.63. The fourth-order valence-corrected chi connectivity index (χ4v) is 4.03. The number of thiazole rings is 1. The van der Waals surface area contributed by atoms with Crippen LogP contribution in [0.2, 0.25) is 0 Å². The average Bonchev–Trinajstić information content (AvgIpc) is 3.18. The molecule has 2 amide bonds. The summed E-state index contributed by atoms with van der Waals surface area (Å²) in [6, 6.07) is 7.62. The Morgan fingerprint density at radius 3 is 2.76 bits per heavy atom. The van der Waals surface area contributed by atoms with Crippen molar-refractivity contribution >= 4 is 23.3 Å². The van der Waals surface area contributed by atoms with E-state index in [9.17, 15) is 9.59 Å². The van der Waals surface area contributed by atoms with Gasteiger partial charge in [0.05, 0.1) is 12.7 Å². The number of rotatable bonds is 6. The van der Waals surface area contributed by atoms with Crippen LogP contribution in [0, 0.1) is 0 Å². The summed E-state index contributed by atoms with van der Waals surface area (Å²) in [4.78, 5) is 30.8. The zero-order chi connectivity index (χ0) is 20.8. The van der Waals surface area contributed by atoms with Crippen LogP contribution in [0.3, 0.4) is 0 Å². The van der Waals surface area contributed by atoms with Gasteiger partial charge in [-0.2, -0.15) is 0 Å². The Labute approximate surface area is 175 Å². The van der Waals surface area contributed by atoms with Gasteiger partial charge in [0.25, 0.3) is 5.91 Å². The molecule has 2 heterocycles. The Kier molecular flexibility index (Phi) is 7.09. The second kappa shape index (κ2) is 9.73. The first-order chi connectivity index (χ1) is 14.0. The number of alkyl carbamates (subject to hydrolysis) is 1. The summed E-state index contributed by atoms with van der Waals surface area (Å²) >= 11 is 1.44. The molecule has 29 heavy (non-hydrogen) atoms. The molecule has 8 heteroatoms. The minimum Gasteiger partial charge on any atom is -0.491 e. The van der Waals surface area contributed by atoms with Crippen LogP contribution in [0.1, 0.15) is 44.1 Å². The number of likely N-dealkylation sites (tertiary alicyclic amines) is 1. The molecule has 0 bridgehead atoms. The zero-order valence-corrected chi connectivity index (χ0v) is 17.8. The van der Waals surface area contributed by atoms with E-state index < -0.39 is 6.09 Å². The van der Waals surface area contributed by atoms with E-state index in [4.69, 9.17) is 9.47 Å². The van der Waals surface area contributed by atoms with Gasteiger partial charge in [-0.3, -0.25) is 4.79 Å². The van der Waals surface area contributed by atoms with Gasteiger partial charge < -0.3 is 19.7 Å². The molecule has 156 valence electrons. The summed E-state index contributed by atoms with van der Waals surface area (Å²) in [7, 11) is 0. The van der Waals surface area contributed by atoms with E-state index in [0.29, 0.717) is 25.4 Å². The number of aromatic nitrogens is 1. The van der Waals surface area contributed by atoms with E-state index in [-0.39, 0.29) is 18.1 Å². The van der Waals surface area contributed by atoms with Gasteiger partial charge in [-0.1, -0.05) is 0 Å². The number of ether oxygens (including phenoxy) is 2. The van der Waals surface area contributed by atoms with Gasteiger partial charge in [-0.25, -0.2) is 9.78 Å². The molecule has 1 fully saturated rings. The molecule has 0 saturated carbocycles. The first kappa shape index (κ1) is 21.1. The van der Waals surface area contributed by atoms with Crippen molar-refractivity contribution in [2.24, 2.45) is 0 Å². The number of hydrogen-bond donors (Lipinski definition) is 1. The molecule has 1 aromatic carbocycles.